The minimum atomic E-state index is -0.299. The number of hydrogen-bond donors (Lipinski definition) is 1. The molecule has 0 saturated carbocycles. The summed E-state index contributed by atoms with van der Waals surface area (Å²) in [5, 5.41) is 6.32. The van der Waals surface area contributed by atoms with Gasteiger partial charge in [-0.3, -0.25) is 4.79 Å². The van der Waals surface area contributed by atoms with Gasteiger partial charge in [0.05, 0.1) is 7.11 Å². The highest BCUT2D eigenvalue weighted by atomic mass is 16.5. The summed E-state index contributed by atoms with van der Waals surface area (Å²) in [4.78, 5) is 24.5. The first kappa shape index (κ1) is 11.6. The van der Waals surface area contributed by atoms with Crippen molar-refractivity contribution in [3.8, 4) is 0 Å². The van der Waals surface area contributed by atoms with Crippen LogP contribution in [0.15, 0.2) is 16.9 Å². The van der Waals surface area contributed by atoms with Gasteiger partial charge in [-0.1, -0.05) is 0 Å². The molecule has 0 amide bonds. The van der Waals surface area contributed by atoms with E-state index in [1.54, 1.807) is 6.07 Å². The van der Waals surface area contributed by atoms with E-state index in [2.05, 4.69) is 10.2 Å². The third-order valence-corrected chi connectivity index (χ3v) is 2.93. The minimum absolute atomic E-state index is 0.250. The number of H-pyrrole nitrogens is 1. The molecule has 6 heteroatoms. The molecule has 1 aromatic heterocycles. The number of carbonyl (C=O) groups is 1. The average Bonchev–Trinajstić information content (AvgIpc) is 2.39. The molecular weight excluding hydrogens is 222 g/mol. The standard InChI is InChI=1S/C11H15N3O3/c1-17-11(16)8-4-2-3-7-14(8)9-5-6-10(15)13-12-9/h5-6,8H,2-4,7H2,1H3,(H,13,15)/t8-/m0/s1. The van der Waals surface area contributed by atoms with Crippen molar-refractivity contribution in [2.75, 3.05) is 18.6 Å². The largest absolute Gasteiger partial charge is 0.467 e. The quantitative estimate of drug-likeness (QED) is 0.749. The molecule has 1 aliphatic heterocycles. The monoisotopic (exact) mass is 237 g/mol. The molecule has 0 spiro atoms. The molecule has 17 heavy (non-hydrogen) atoms. The molecule has 1 aliphatic rings. The zero-order valence-corrected chi connectivity index (χ0v) is 9.68. The van der Waals surface area contributed by atoms with Gasteiger partial charge in [0, 0.05) is 12.6 Å². The molecule has 1 saturated heterocycles. The molecule has 0 aromatic carbocycles. The van der Waals surface area contributed by atoms with Crippen molar-refractivity contribution in [1.82, 2.24) is 10.2 Å². The number of piperidine rings is 1. The number of aromatic nitrogens is 2. The molecule has 1 fully saturated rings. The van der Waals surface area contributed by atoms with Crippen LogP contribution < -0.4 is 10.5 Å². The van der Waals surface area contributed by atoms with Crippen LogP contribution in [-0.4, -0.2) is 35.9 Å². The van der Waals surface area contributed by atoms with Crippen LogP contribution in [0.2, 0.25) is 0 Å². The number of nitrogens with zero attached hydrogens (tertiary/aromatic N) is 2. The molecule has 0 radical (unpaired) electrons. The van der Waals surface area contributed by atoms with Gasteiger partial charge in [0.1, 0.15) is 11.9 Å². The van der Waals surface area contributed by atoms with E-state index in [1.807, 2.05) is 4.90 Å². The van der Waals surface area contributed by atoms with Gasteiger partial charge in [0.25, 0.3) is 5.56 Å². The number of methoxy groups -OCH3 is 1. The topological polar surface area (TPSA) is 75.3 Å². The van der Waals surface area contributed by atoms with Crippen molar-refractivity contribution in [3.05, 3.63) is 22.5 Å². The Balaban J connectivity index is 2.24. The van der Waals surface area contributed by atoms with E-state index in [0.29, 0.717) is 5.82 Å². The maximum Gasteiger partial charge on any atom is 0.328 e. The Morgan fingerprint density at radius 1 is 1.53 bits per heavy atom. The molecule has 6 nitrogen and oxygen atoms in total. The number of ether oxygens (including phenoxy) is 1. The maximum atomic E-state index is 11.7. The van der Waals surface area contributed by atoms with Crippen LogP contribution >= 0.6 is 0 Å². The summed E-state index contributed by atoms with van der Waals surface area (Å²) < 4.78 is 4.78. The van der Waals surface area contributed by atoms with Crippen LogP contribution in [0.5, 0.6) is 0 Å². The molecule has 92 valence electrons. The van der Waals surface area contributed by atoms with Crippen molar-refractivity contribution >= 4 is 11.8 Å². The van der Waals surface area contributed by atoms with Crippen LogP contribution in [0.25, 0.3) is 0 Å². The zero-order chi connectivity index (χ0) is 12.3. The highest BCUT2D eigenvalue weighted by Crippen LogP contribution is 2.22. The fourth-order valence-electron chi connectivity index (χ4n) is 2.08. The van der Waals surface area contributed by atoms with Crippen LogP contribution in [0.1, 0.15) is 19.3 Å². The van der Waals surface area contributed by atoms with E-state index in [-0.39, 0.29) is 17.6 Å². The first-order valence-electron chi connectivity index (χ1n) is 5.62. The predicted octanol–water partition coefficient (Wildman–Crippen LogP) is 0.302. The normalized spacial score (nSPS) is 20.1. The molecule has 0 bridgehead atoms. The van der Waals surface area contributed by atoms with Crippen LogP contribution in [0.3, 0.4) is 0 Å². The van der Waals surface area contributed by atoms with Crippen molar-refractivity contribution in [3.63, 3.8) is 0 Å². The fourth-order valence-corrected chi connectivity index (χ4v) is 2.08. The number of hydrogen-bond acceptors (Lipinski definition) is 5. The molecule has 2 heterocycles. The summed E-state index contributed by atoms with van der Waals surface area (Å²) >= 11 is 0. The average molecular weight is 237 g/mol. The summed E-state index contributed by atoms with van der Waals surface area (Å²) in [6, 6.07) is 2.73. The fraction of sp³-hybridized carbons (Fsp3) is 0.545. The number of anilines is 1. The van der Waals surface area contributed by atoms with Gasteiger partial charge in [-0.05, 0) is 25.3 Å². The summed E-state index contributed by atoms with van der Waals surface area (Å²) in [5.74, 6) is 0.359. The molecule has 1 aromatic rings. The van der Waals surface area contributed by atoms with Gasteiger partial charge in [-0.25, -0.2) is 9.89 Å². The van der Waals surface area contributed by atoms with Crippen molar-refractivity contribution < 1.29 is 9.53 Å². The Morgan fingerprint density at radius 2 is 2.35 bits per heavy atom. The second-order valence-corrected chi connectivity index (χ2v) is 4.01. The van der Waals surface area contributed by atoms with Crippen molar-refractivity contribution in [1.29, 1.82) is 0 Å². The third kappa shape index (κ3) is 2.46. The Hall–Kier alpha value is -1.85. The van der Waals surface area contributed by atoms with E-state index >= 15 is 0 Å². The number of aromatic amines is 1. The van der Waals surface area contributed by atoms with Gasteiger partial charge in [0.2, 0.25) is 0 Å². The second-order valence-electron chi connectivity index (χ2n) is 4.01. The number of rotatable bonds is 2. The molecule has 1 N–H and O–H groups in total. The summed E-state index contributed by atoms with van der Waals surface area (Å²) in [6.07, 6.45) is 2.77. The van der Waals surface area contributed by atoms with Gasteiger partial charge in [-0.2, -0.15) is 5.10 Å². The van der Waals surface area contributed by atoms with E-state index in [4.69, 9.17) is 4.74 Å². The van der Waals surface area contributed by atoms with Gasteiger partial charge >= 0.3 is 5.97 Å². The lowest BCUT2D eigenvalue weighted by Gasteiger charge is -2.34. The minimum Gasteiger partial charge on any atom is -0.467 e. The first-order valence-corrected chi connectivity index (χ1v) is 5.62. The lowest BCUT2D eigenvalue weighted by molar-refractivity contribution is -0.142. The lowest BCUT2D eigenvalue weighted by atomic mass is 10.0. The van der Waals surface area contributed by atoms with Gasteiger partial charge < -0.3 is 9.64 Å². The highest BCUT2D eigenvalue weighted by molar-refractivity contribution is 5.79. The van der Waals surface area contributed by atoms with Crippen LogP contribution in [0, 0.1) is 0 Å². The number of esters is 1. The second kappa shape index (κ2) is 4.99. The first-order chi connectivity index (χ1) is 8.22. The summed E-state index contributed by atoms with van der Waals surface area (Å²) in [6.45, 7) is 0.749. The predicted molar refractivity (Wildman–Crippen MR) is 61.9 cm³/mol. The third-order valence-electron chi connectivity index (χ3n) is 2.93. The number of nitrogens with one attached hydrogen (secondary N) is 1. The van der Waals surface area contributed by atoms with Crippen molar-refractivity contribution in [2.24, 2.45) is 0 Å². The van der Waals surface area contributed by atoms with Crippen LogP contribution in [-0.2, 0) is 9.53 Å². The van der Waals surface area contributed by atoms with E-state index < -0.39 is 0 Å². The molecule has 1 atom stereocenters. The van der Waals surface area contributed by atoms with E-state index in [1.165, 1.54) is 13.2 Å². The Labute approximate surface area is 98.6 Å². The highest BCUT2D eigenvalue weighted by Gasteiger charge is 2.30. The Kier molecular flexibility index (Phi) is 3.41. The maximum absolute atomic E-state index is 11.7. The molecular formula is C11H15N3O3. The van der Waals surface area contributed by atoms with E-state index in [9.17, 15) is 9.59 Å². The lowest BCUT2D eigenvalue weighted by Crippen LogP contribution is -2.46. The van der Waals surface area contributed by atoms with Crippen LogP contribution in [0.4, 0.5) is 5.82 Å². The summed E-state index contributed by atoms with van der Waals surface area (Å²) in [5.41, 5.74) is -0.250. The number of carbonyl (C=O) groups excluding carboxylic acids is 1. The smallest absolute Gasteiger partial charge is 0.328 e. The molecule has 2 rings (SSSR count). The molecule has 0 unspecified atom stereocenters. The SMILES string of the molecule is COC(=O)[C@@H]1CCCCN1c1ccc(=O)[nH]n1. The van der Waals surface area contributed by atoms with Crippen molar-refractivity contribution in [2.45, 2.75) is 25.3 Å². The Morgan fingerprint density at radius 3 is 3.00 bits per heavy atom. The van der Waals surface area contributed by atoms with E-state index in [0.717, 1.165) is 25.8 Å². The Bertz CT molecular complexity index is 437. The molecule has 0 aliphatic carbocycles. The van der Waals surface area contributed by atoms with Gasteiger partial charge in [-0.15, -0.1) is 0 Å². The summed E-state index contributed by atoms with van der Waals surface area (Å²) in [7, 11) is 1.38. The van der Waals surface area contributed by atoms with Gasteiger partial charge in [0.15, 0.2) is 0 Å². The zero-order valence-electron chi connectivity index (χ0n) is 9.68.